The van der Waals surface area contributed by atoms with Gasteiger partial charge in [-0.15, -0.1) is 0 Å². The molecule has 0 aliphatic heterocycles. The molecule has 102 valence electrons. The fourth-order valence-corrected chi connectivity index (χ4v) is 1.48. The molecule has 0 saturated carbocycles. The third-order valence-electron chi connectivity index (χ3n) is 2.34. The fraction of sp³-hybridized carbons (Fsp3) is 0. The number of ether oxygens (including phenoxy) is 1. The predicted molar refractivity (Wildman–Crippen MR) is 69.0 cm³/mol. The van der Waals surface area contributed by atoms with Crippen LogP contribution < -0.4 is 4.74 Å². The first kappa shape index (κ1) is 13.5. The lowest BCUT2D eigenvalue weighted by atomic mass is 10.2. The Hall–Kier alpha value is -2.89. The molecule has 0 saturated heterocycles. The summed E-state index contributed by atoms with van der Waals surface area (Å²) in [5.41, 5.74) is 0.124. The molecular formula is C14H10FNO4. The topological polar surface area (TPSA) is 79.7 Å². The molecule has 0 radical (unpaired) electrons. The number of rotatable bonds is 4. The first-order valence-electron chi connectivity index (χ1n) is 5.58. The number of nitrogens with zero attached hydrogens (tertiary/aromatic N) is 1. The van der Waals surface area contributed by atoms with Crippen LogP contribution in [0.2, 0.25) is 0 Å². The molecule has 1 heterocycles. The molecule has 0 bridgehead atoms. The zero-order chi connectivity index (χ0) is 14.5. The first-order chi connectivity index (χ1) is 9.56. The summed E-state index contributed by atoms with van der Waals surface area (Å²) < 4.78 is 18.2. The SMILES string of the molecule is O=C(O)/C=C(\O)c1cccnc1Oc1ccc(F)cc1. The Morgan fingerprint density at radius 2 is 1.90 bits per heavy atom. The highest BCUT2D eigenvalue weighted by Gasteiger charge is 2.11. The maximum Gasteiger partial charge on any atom is 0.332 e. The number of aromatic nitrogens is 1. The van der Waals surface area contributed by atoms with Gasteiger partial charge in [-0.25, -0.2) is 14.2 Å². The lowest BCUT2D eigenvalue weighted by Crippen LogP contribution is -1.97. The second-order valence-electron chi connectivity index (χ2n) is 3.78. The zero-order valence-electron chi connectivity index (χ0n) is 10.2. The molecule has 0 aliphatic carbocycles. The van der Waals surface area contributed by atoms with E-state index < -0.39 is 17.5 Å². The van der Waals surface area contributed by atoms with Gasteiger partial charge < -0.3 is 14.9 Å². The van der Waals surface area contributed by atoms with Crippen molar-refractivity contribution in [3.05, 3.63) is 60.1 Å². The van der Waals surface area contributed by atoms with Crippen LogP contribution in [0.25, 0.3) is 5.76 Å². The number of hydrogen-bond acceptors (Lipinski definition) is 4. The Labute approximate surface area is 113 Å². The number of carboxylic acid groups (broad SMARTS) is 1. The number of aliphatic carboxylic acids is 1. The van der Waals surface area contributed by atoms with Crippen LogP contribution in [0.1, 0.15) is 5.56 Å². The first-order valence-corrected chi connectivity index (χ1v) is 5.58. The van der Waals surface area contributed by atoms with Crippen LogP contribution >= 0.6 is 0 Å². The quantitative estimate of drug-likeness (QED) is 0.662. The molecule has 20 heavy (non-hydrogen) atoms. The van der Waals surface area contributed by atoms with E-state index in [4.69, 9.17) is 9.84 Å². The van der Waals surface area contributed by atoms with Crippen molar-refractivity contribution in [1.29, 1.82) is 0 Å². The second-order valence-corrected chi connectivity index (χ2v) is 3.78. The normalized spacial score (nSPS) is 11.2. The number of aliphatic hydroxyl groups excluding tert-OH is 1. The highest BCUT2D eigenvalue weighted by molar-refractivity contribution is 5.88. The summed E-state index contributed by atoms with van der Waals surface area (Å²) >= 11 is 0. The molecule has 2 rings (SSSR count). The van der Waals surface area contributed by atoms with Gasteiger partial charge in [0.15, 0.2) is 0 Å². The number of hydrogen-bond donors (Lipinski definition) is 2. The van der Waals surface area contributed by atoms with E-state index >= 15 is 0 Å². The maximum atomic E-state index is 12.8. The van der Waals surface area contributed by atoms with E-state index in [0.717, 1.165) is 0 Å². The average molecular weight is 275 g/mol. The van der Waals surface area contributed by atoms with Crippen LogP contribution in [0, 0.1) is 5.82 Å². The third-order valence-corrected chi connectivity index (χ3v) is 2.34. The predicted octanol–water partition coefficient (Wildman–Crippen LogP) is 3.00. The van der Waals surface area contributed by atoms with Gasteiger partial charge in [0.05, 0.1) is 11.6 Å². The second kappa shape index (κ2) is 5.83. The lowest BCUT2D eigenvalue weighted by Gasteiger charge is -2.08. The third kappa shape index (κ3) is 3.32. The average Bonchev–Trinajstić information content (AvgIpc) is 2.41. The Bertz CT molecular complexity index is 652. The van der Waals surface area contributed by atoms with Crippen molar-refractivity contribution < 1.29 is 24.1 Å². The maximum absolute atomic E-state index is 12.8. The molecule has 0 unspecified atom stereocenters. The van der Waals surface area contributed by atoms with E-state index in [9.17, 15) is 14.3 Å². The summed E-state index contributed by atoms with van der Waals surface area (Å²) in [6.45, 7) is 0. The number of carbonyl (C=O) groups is 1. The number of aliphatic hydroxyl groups is 1. The minimum Gasteiger partial charge on any atom is -0.507 e. The van der Waals surface area contributed by atoms with Gasteiger partial charge in [0.25, 0.3) is 0 Å². The van der Waals surface area contributed by atoms with Crippen molar-refractivity contribution in [2.75, 3.05) is 0 Å². The molecule has 6 heteroatoms. The van der Waals surface area contributed by atoms with Gasteiger partial charge in [-0.05, 0) is 36.4 Å². The van der Waals surface area contributed by atoms with Gasteiger partial charge in [0.2, 0.25) is 5.88 Å². The van der Waals surface area contributed by atoms with Gasteiger partial charge in [0, 0.05) is 6.20 Å². The Balaban J connectivity index is 2.33. The Kier molecular flexibility index (Phi) is 3.95. The van der Waals surface area contributed by atoms with Crippen LogP contribution in [-0.2, 0) is 4.79 Å². The van der Waals surface area contributed by atoms with Crippen LogP contribution in [0.4, 0.5) is 4.39 Å². The Morgan fingerprint density at radius 1 is 1.20 bits per heavy atom. The molecule has 0 atom stereocenters. The van der Waals surface area contributed by atoms with Crippen molar-refractivity contribution in [2.45, 2.75) is 0 Å². The van der Waals surface area contributed by atoms with E-state index in [1.54, 1.807) is 0 Å². The number of carboxylic acids is 1. The van der Waals surface area contributed by atoms with E-state index in [1.165, 1.54) is 42.6 Å². The van der Waals surface area contributed by atoms with E-state index in [-0.39, 0.29) is 11.4 Å². The molecule has 0 amide bonds. The van der Waals surface area contributed by atoms with Gasteiger partial charge in [-0.2, -0.15) is 0 Å². The van der Waals surface area contributed by atoms with Crippen LogP contribution in [0.3, 0.4) is 0 Å². The highest BCUT2D eigenvalue weighted by atomic mass is 19.1. The number of halogens is 1. The van der Waals surface area contributed by atoms with Gasteiger partial charge >= 0.3 is 5.97 Å². The standard InChI is InChI=1S/C14H10FNO4/c15-9-3-5-10(6-4-9)20-14-11(2-1-7-16-14)12(17)8-13(18)19/h1-8,17H,(H,18,19)/b12-8-. The molecule has 0 aliphatic rings. The molecule has 2 aromatic rings. The lowest BCUT2D eigenvalue weighted by molar-refractivity contribution is -0.131. The summed E-state index contributed by atoms with van der Waals surface area (Å²) in [4.78, 5) is 14.5. The fourth-order valence-electron chi connectivity index (χ4n) is 1.48. The minimum absolute atomic E-state index is 0.0223. The van der Waals surface area contributed by atoms with Crippen molar-refractivity contribution >= 4 is 11.7 Å². The van der Waals surface area contributed by atoms with Gasteiger partial charge in [0.1, 0.15) is 17.3 Å². The molecule has 5 nitrogen and oxygen atoms in total. The molecule has 0 fully saturated rings. The van der Waals surface area contributed by atoms with Gasteiger partial charge in [-0.1, -0.05) is 0 Å². The summed E-state index contributed by atoms with van der Waals surface area (Å²) in [7, 11) is 0. The molecule has 1 aromatic carbocycles. The van der Waals surface area contributed by atoms with E-state index in [1.807, 2.05) is 0 Å². The monoisotopic (exact) mass is 275 g/mol. The van der Waals surface area contributed by atoms with Gasteiger partial charge in [-0.3, -0.25) is 0 Å². The molecule has 1 aromatic heterocycles. The van der Waals surface area contributed by atoms with Crippen molar-refractivity contribution in [3.63, 3.8) is 0 Å². The summed E-state index contributed by atoms with van der Waals surface area (Å²) in [5, 5.41) is 18.3. The van der Waals surface area contributed by atoms with E-state index in [2.05, 4.69) is 4.98 Å². The summed E-state index contributed by atoms with van der Waals surface area (Å²) in [5.74, 6) is -1.85. The van der Waals surface area contributed by atoms with Crippen LogP contribution in [0.15, 0.2) is 48.7 Å². The highest BCUT2D eigenvalue weighted by Crippen LogP contribution is 2.26. The molecule has 2 N–H and O–H groups in total. The van der Waals surface area contributed by atoms with Crippen LogP contribution in [0.5, 0.6) is 11.6 Å². The van der Waals surface area contributed by atoms with Crippen molar-refractivity contribution in [1.82, 2.24) is 4.98 Å². The largest absolute Gasteiger partial charge is 0.507 e. The summed E-state index contributed by atoms with van der Waals surface area (Å²) in [6.07, 6.45) is 2.06. The number of benzene rings is 1. The smallest absolute Gasteiger partial charge is 0.332 e. The summed E-state index contributed by atoms with van der Waals surface area (Å²) in [6, 6.07) is 8.20. The zero-order valence-corrected chi connectivity index (χ0v) is 10.2. The van der Waals surface area contributed by atoms with Crippen LogP contribution in [-0.4, -0.2) is 21.2 Å². The minimum atomic E-state index is -1.29. The molecule has 0 spiro atoms. The van der Waals surface area contributed by atoms with E-state index in [0.29, 0.717) is 11.8 Å². The number of pyridine rings is 1. The Morgan fingerprint density at radius 3 is 2.55 bits per heavy atom. The van der Waals surface area contributed by atoms with Crippen molar-refractivity contribution in [2.24, 2.45) is 0 Å². The molecular weight excluding hydrogens is 265 g/mol. The van der Waals surface area contributed by atoms with Crippen molar-refractivity contribution in [3.8, 4) is 11.6 Å².